The summed E-state index contributed by atoms with van der Waals surface area (Å²) in [5.41, 5.74) is 1.19. The van der Waals surface area contributed by atoms with E-state index in [0.717, 1.165) is 40.1 Å². The fourth-order valence-corrected chi connectivity index (χ4v) is 4.82. The smallest absolute Gasteiger partial charge is 0.216 e. The first-order valence-electron chi connectivity index (χ1n) is 9.52. The maximum atomic E-state index is 12.6. The number of ketones is 1. The van der Waals surface area contributed by atoms with Crippen LogP contribution in [0.4, 0.5) is 0 Å². The second-order valence-corrected chi connectivity index (χ2v) is 8.63. The molecule has 3 aromatic rings. The molecule has 6 nitrogen and oxygen atoms in total. The highest BCUT2D eigenvalue weighted by atomic mass is 32.2. The van der Waals surface area contributed by atoms with Gasteiger partial charge in [0.25, 0.3) is 0 Å². The van der Waals surface area contributed by atoms with Crippen molar-refractivity contribution in [3.8, 4) is 0 Å². The van der Waals surface area contributed by atoms with Gasteiger partial charge in [-0.15, -0.1) is 21.5 Å². The number of amides is 1. The van der Waals surface area contributed by atoms with Gasteiger partial charge in [-0.3, -0.25) is 9.59 Å². The van der Waals surface area contributed by atoms with E-state index in [0.29, 0.717) is 12.3 Å². The molecule has 2 heterocycles. The van der Waals surface area contributed by atoms with Gasteiger partial charge in [-0.2, -0.15) is 0 Å². The van der Waals surface area contributed by atoms with Crippen molar-refractivity contribution in [2.45, 2.75) is 38.4 Å². The Labute approximate surface area is 178 Å². The molecule has 0 aliphatic carbocycles. The fraction of sp³-hybridized carbons (Fsp3) is 0.333. The van der Waals surface area contributed by atoms with Crippen LogP contribution in [0.25, 0.3) is 0 Å². The number of hydrogen-bond acceptors (Lipinski definition) is 6. The van der Waals surface area contributed by atoms with Gasteiger partial charge in [0.2, 0.25) is 5.91 Å². The molecule has 0 aliphatic heterocycles. The number of benzene rings is 1. The SMILES string of the molecule is CCn1c(Cc2ccccc2)nnc1SCC(=O)c1ccc(CCNC(C)=O)s1. The van der Waals surface area contributed by atoms with E-state index in [2.05, 4.69) is 39.1 Å². The Morgan fingerprint density at radius 2 is 1.93 bits per heavy atom. The van der Waals surface area contributed by atoms with Crippen molar-refractivity contribution >= 4 is 34.8 Å². The van der Waals surface area contributed by atoms with Crippen LogP contribution in [-0.4, -0.2) is 38.8 Å². The molecular formula is C21H24N4O2S2. The van der Waals surface area contributed by atoms with Gasteiger partial charge in [-0.25, -0.2) is 0 Å². The topological polar surface area (TPSA) is 76.9 Å². The van der Waals surface area contributed by atoms with Crippen LogP contribution in [0.3, 0.4) is 0 Å². The summed E-state index contributed by atoms with van der Waals surface area (Å²) < 4.78 is 2.07. The Kier molecular flexibility index (Phi) is 7.60. The lowest BCUT2D eigenvalue weighted by atomic mass is 10.1. The number of nitrogens with zero attached hydrogens (tertiary/aromatic N) is 3. The zero-order valence-corrected chi connectivity index (χ0v) is 18.2. The first kappa shape index (κ1) is 21.3. The molecule has 0 atom stereocenters. The number of rotatable bonds is 10. The highest BCUT2D eigenvalue weighted by Crippen LogP contribution is 2.23. The largest absolute Gasteiger partial charge is 0.356 e. The third-order valence-corrected chi connectivity index (χ3v) is 6.48. The van der Waals surface area contributed by atoms with Crippen LogP contribution in [0.2, 0.25) is 0 Å². The second kappa shape index (κ2) is 10.4. The normalized spacial score (nSPS) is 10.8. The second-order valence-electron chi connectivity index (χ2n) is 6.52. The third kappa shape index (κ3) is 6.01. The summed E-state index contributed by atoms with van der Waals surface area (Å²) >= 11 is 2.91. The summed E-state index contributed by atoms with van der Waals surface area (Å²) in [6.45, 7) is 4.91. The molecule has 29 heavy (non-hydrogen) atoms. The number of carbonyl (C=O) groups excluding carboxylic acids is 2. The lowest BCUT2D eigenvalue weighted by Gasteiger charge is -2.07. The number of nitrogens with one attached hydrogen (secondary N) is 1. The predicted molar refractivity (Wildman–Crippen MR) is 117 cm³/mol. The number of thiophene rings is 1. The average Bonchev–Trinajstić information content (AvgIpc) is 3.33. The third-order valence-electron chi connectivity index (χ3n) is 4.33. The molecule has 152 valence electrons. The minimum Gasteiger partial charge on any atom is -0.356 e. The zero-order valence-electron chi connectivity index (χ0n) is 16.6. The molecule has 1 amide bonds. The van der Waals surface area contributed by atoms with Crippen LogP contribution in [0.15, 0.2) is 47.6 Å². The highest BCUT2D eigenvalue weighted by molar-refractivity contribution is 7.99. The van der Waals surface area contributed by atoms with Crippen LogP contribution in [0, 0.1) is 0 Å². The molecule has 1 N–H and O–H groups in total. The van der Waals surface area contributed by atoms with Gasteiger partial charge in [0.15, 0.2) is 10.9 Å². The van der Waals surface area contributed by atoms with Gasteiger partial charge in [0.05, 0.1) is 10.6 Å². The molecule has 1 aromatic carbocycles. The molecule has 0 radical (unpaired) electrons. The number of aromatic nitrogens is 3. The summed E-state index contributed by atoms with van der Waals surface area (Å²) in [4.78, 5) is 25.3. The minimum atomic E-state index is -0.0408. The fourth-order valence-electron chi connectivity index (χ4n) is 2.88. The van der Waals surface area contributed by atoms with E-state index in [1.54, 1.807) is 0 Å². The summed E-state index contributed by atoms with van der Waals surface area (Å²) in [5, 5.41) is 12.2. The van der Waals surface area contributed by atoms with Gasteiger partial charge in [0.1, 0.15) is 5.82 Å². The Balaban J connectivity index is 1.57. The average molecular weight is 429 g/mol. The van der Waals surface area contributed by atoms with Gasteiger partial charge in [0, 0.05) is 31.3 Å². The zero-order chi connectivity index (χ0) is 20.6. The Bertz CT molecular complexity index is 966. The van der Waals surface area contributed by atoms with Gasteiger partial charge in [-0.1, -0.05) is 42.1 Å². The molecule has 0 bridgehead atoms. The van der Waals surface area contributed by atoms with E-state index in [4.69, 9.17) is 0 Å². The Morgan fingerprint density at radius 3 is 2.66 bits per heavy atom. The minimum absolute atomic E-state index is 0.0408. The van der Waals surface area contributed by atoms with Gasteiger partial charge < -0.3 is 9.88 Å². The predicted octanol–water partition coefficient (Wildman–Crippen LogP) is 3.60. The molecule has 3 rings (SSSR count). The van der Waals surface area contributed by atoms with E-state index in [-0.39, 0.29) is 11.7 Å². The standard InChI is InChI=1S/C21H24N4O2S2/c1-3-25-20(13-16-7-5-4-6-8-16)23-24-21(25)28-14-18(27)19-10-9-17(29-19)11-12-22-15(2)26/h4-10H,3,11-14H2,1-2H3,(H,22,26). The maximum Gasteiger partial charge on any atom is 0.216 e. The van der Waals surface area contributed by atoms with Gasteiger partial charge in [-0.05, 0) is 31.0 Å². The molecule has 0 saturated heterocycles. The van der Waals surface area contributed by atoms with Crippen LogP contribution in [-0.2, 0) is 24.2 Å². The summed E-state index contributed by atoms with van der Waals surface area (Å²) in [7, 11) is 0. The first-order valence-corrected chi connectivity index (χ1v) is 11.3. The van der Waals surface area contributed by atoms with Crippen molar-refractivity contribution in [2.24, 2.45) is 0 Å². The highest BCUT2D eigenvalue weighted by Gasteiger charge is 2.15. The van der Waals surface area contributed by atoms with Crippen molar-refractivity contribution in [1.82, 2.24) is 20.1 Å². The molecule has 0 unspecified atom stereocenters. The molecule has 0 saturated carbocycles. The van der Waals surface area contributed by atoms with Crippen LogP contribution in [0.1, 0.15) is 39.8 Å². The quantitative estimate of drug-likeness (QED) is 0.394. The van der Waals surface area contributed by atoms with E-state index in [9.17, 15) is 9.59 Å². The maximum absolute atomic E-state index is 12.6. The van der Waals surface area contributed by atoms with Crippen molar-refractivity contribution in [2.75, 3.05) is 12.3 Å². The van der Waals surface area contributed by atoms with Crippen LogP contribution in [0.5, 0.6) is 0 Å². The molecule has 8 heteroatoms. The first-order chi connectivity index (χ1) is 14.1. The monoisotopic (exact) mass is 428 g/mol. The van der Waals surface area contributed by atoms with E-state index >= 15 is 0 Å². The lowest BCUT2D eigenvalue weighted by Crippen LogP contribution is -2.22. The van der Waals surface area contributed by atoms with E-state index < -0.39 is 0 Å². The molecule has 0 fully saturated rings. The molecule has 0 spiro atoms. The number of hydrogen-bond donors (Lipinski definition) is 1. The van der Waals surface area contributed by atoms with Gasteiger partial charge >= 0.3 is 0 Å². The Morgan fingerprint density at radius 1 is 1.14 bits per heavy atom. The van der Waals surface area contributed by atoms with Crippen LogP contribution < -0.4 is 5.32 Å². The number of Topliss-reactive ketones (excluding diaryl/α,β-unsaturated/α-hetero) is 1. The summed E-state index contributed by atoms with van der Waals surface area (Å²) in [6, 6.07) is 14.0. The lowest BCUT2D eigenvalue weighted by molar-refractivity contribution is -0.118. The molecule has 2 aromatic heterocycles. The van der Waals surface area contributed by atoms with Crippen molar-refractivity contribution in [3.05, 3.63) is 63.6 Å². The van der Waals surface area contributed by atoms with Crippen molar-refractivity contribution in [1.29, 1.82) is 0 Å². The number of carbonyl (C=O) groups is 2. The van der Waals surface area contributed by atoms with Crippen molar-refractivity contribution < 1.29 is 9.59 Å². The molecular weight excluding hydrogens is 404 g/mol. The number of thioether (sulfide) groups is 1. The van der Waals surface area contributed by atoms with Crippen molar-refractivity contribution in [3.63, 3.8) is 0 Å². The summed E-state index contributed by atoms with van der Waals surface area (Å²) in [6.07, 6.45) is 1.45. The van der Waals surface area contributed by atoms with E-state index in [1.165, 1.54) is 35.6 Å². The molecule has 0 aliphatic rings. The van der Waals surface area contributed by atoms with E-state index in [1.807, 2.05) is 30.3 Å². The Hall–Kier alpha value is -2.45. The van der Waals surface area contributed by atoms with Crippen LogP contribution >= 0.6 is 23.1 Å². The summed E-state index contributed by atoms with van der Waals surface area (Å²) in [5.74, 6) is 1.28.